The fourth-order valence-electron chi connectivity index (χ4n) is 1.90. The average Bonchev–Trinajstić information content (AvgIpc) is 2.93. The summed E-state index contributed by atoms with van der Waals surface area (Å²) in [6, 6.07) is 5.51. The van der Waals surface area contributed by atoms with Crippen LogP contribution in [0, 0.1) is 6.92 Å². The first kappa shape index (κ1) is 11.2. The van der Waals surface area contributed by atoms with Crippen molar-refractivity contribution in [2.75, 3.05) is 0 Å². The van der Waals surface area contributed by atoms with E-state index in [1.165, 1.54) is 0 Å². The molecule has 0 aliphatic heterocycles. The van der Waals surface area contributed by atoms with E-state index < -0.39 is 0 Å². The molecule has 0 aliphatic carbocycles. The number of aryl methyl sites for hydroxylation is 2. The second kappa shape index (κ2) is 4.10. The van der Waals surface area contributed by atoms with Gasteiger partial charge in [-0.2, -0.15) is 0 Å². The van der Waals surface area contributed by atoms with Crippen LogP contribution in [0.5, 0.6) is 0 Å². The van der Waals surface area contributed by atoms with Gasteiger partial charge in [-0.05, 0) is 19.1 Å². The van der Waals surface area contributed by atoms with Gasteiger partial charge in [0.1, 0.15) is 16.7 Å². The SMILES string of the molecule is CCc1ccc(-c2nnc3cc(Cl)nc(C)n23)o1. The summed E-state index contributed by atoms with van der Waals surface area (Å²) in [4.78, 5) is 4.19. The molecule has 0 spiro atoms. The van der Waals surface area contributed by atoms with Crippen LogP contribution in [-0.4, -0.2) is 19.6 Å². The van der Waals surface area contributed by atoms with Crippen molar-refractivity contribution in [1.82, 2.24) is 19.6 Å². The molecule has 3 rings (SSSR count). The van der Waals surface area contributed by atoms with Crippen LogP contribution in [0.15, 0.2) is 22.6 Å². The molecule has 5 nitrogen and oxygen atoms in total. The number of hydrogen-bond acceptors (Lipinski definition) is 4. The molecule has 0 fully saturated rings. The van der Waals surface area contributed by atoms with E-state index in [0.29, 0.717) is 22.4 Å². The minimum absolute atomic E-state index is 0.410. The maximum Gasteiger partial charge on any atom is 0.205 e. The van der Waals surface area contributed by atoms with Crippen LogP contribution in [0.4, 0.5) is 0 Å². The maximum atomic E-state index is 5.89. The summed E-state index contributed by atoms with van der Waals surface area (Å²) in [5.74, 6) is 2.98. The van der Waals surface area contributed by atoms with E-state index in [1.54, 1.807) is 6.07 Å². The fourth-order valence-corrected chi connectivity index (χ4v) is 2.12. The third-order valence-electron chi connectivity index (χ3n) is 2.76. The molecular weight excluding hydrogens is 252 g/mol. The van der Waals surface area contributed by atoms with Crippen LogP contribution >= 0.6 is 11.6 Å². The van der Waals surface area contributed by atoms with Crippen LogP contribution in [0.25, 0.3) is 17.2 Å². The average molecular weight is 263 g/mol. The van der Waals surface area contributed by atoms with E-state index in [9.17, 15) is 0 Å². The number of fused-ring (bicyclic) bond motifs is 1. The number of halogens is 1. The van der Waals surface area contributed by atoms with Gasteiger partial charge >= 0.3 is 0 Å². The monoisotopic (exact) mass is 262 g/mol. The molecule has 3 aromatic heterocycles. The molecule has 0 atom stereocenters. The normalized spacial score (nSPS) is 11.3. The first-order valence-corrected chi connectivity index (χ1v) is 6.04. The molecule has 3 heterocycles. The van der Waals surface area contributed by atoms with Crippen molar-refractivity contribution in [3.8, 4) is 11.6 Å². The molecule has 18 heavy (non-hydrogen) atoms. The van der Waals surface area contributed by atoms with Crippen molar-refractivity contribution < 1.29 is 4.42 Å². The first-order valence-electron chi connectivity index (χ1n) is 5.66. The van der Waals surface area contributed by atoms with Gasteiger partial charge in [-0.1, -0.05) is 18.5 Å². The highest BCUT2D eigenvalue weighted by molar-refractivity contribution is 6.29. The van der Waals surface area contributed by atoms with Gasteiger partial charge in [0, 0.05) is 12.5 Å². The molecule has 0 saturated heterocycles. The smallest absolute Gasteiger partial charge is 0.205 e. The number of furan rings is 1. The summed E-state index contributed by atoms with van der Waals surface area (Å²) in [7, 11) is 0. The molecule has 0 unspecified atom stereocenters. The zero-order valence-corrected chi connectivity index (χ0v) is 10.8. The van der Waals surface area contributed by atoms with Crippen LogP contribution in [0.1, 0.15) is 18.5 Å². The van der Waals surface area contributed by atoms with Crippen molar-refractivity contribution in [3.05, 3.63) is 34.9 Å². The molecule has 0 bridgehead atoms. The van der Waals surface area contributed by atoms with E-state index >= 15 is 0 Å². The third-order valence-corrected chi connectivity index (χ3v) is 2.95. The lowest BCUT2D eigenvalue weighted by Crippen LogP contribution is -1.97. The molecule has 0 radical (unpaired) electrons. The molecule has 0 N–H and O–H groups in total. The summed E-state index contributed by atoms with van der Waals surface area (Å²) in [6.45, 7) is 3.90. The van der Waals surface area contributed by atoms with Crippen LogP contribution < -0.4 is 0 Å². The summed E-state index contributed by atoms with van der Waals surface area (Å²) in [6.07, 6.45) is 0.847. The Hall–Kier alpha value is -1.88. The summed E-state index contributed by atoms with van der Waals surface area (Å²) < 4.78 is 7.51. The van der Waals surface area contributed by atoms with E-state index in [-0.39, 0.29) is 0 Å². The predicted octanol–water partition coefficient (Wildman–Crippen LogP) is 2.91. The van der Waals surface area contributed by atoms with Gasteiger partial charge in [-0.25, -0.2) is 4.98 Å². The molecule has 0 aromatic carbocycles. The van der Waals surface area contributed by atoms with Gasteiger partial charge < -0.3 is 4.42 Å². The number of rotatable bonds is 2. The van der Waals surface area contributed by atoms with E-state index in [4.69, 9.17) is 16.0 Å². The predicted molar refractivity (Wildman–Crippen MR) is 67.6 cm³/mol. The molecular formula is C12H11ClN4O. The zero-order chi connectivity index (χ0) is 12.7. The van der Waals surface area contributed by atoms with Crippen molar-refractivity contribution >= 4 is 17.2 Å². The molecule has 0 saturated carbocycles. The van der Waals surface area contributed by atoms with E-state index in [2.05, 4.69) is 15.2 Å². The lowest BCUT2D eigenvalue weighted by atomic mass is 10.3. The Labute approximate surface area is 108 Å². The van der Waals surface area contributed by atoms with Gasteiger partial charge in [0.15, 0.2) is 11.4 Å². The minimum atomic E-state index is 0.410. The van der Waals surface area contributed by atoms with Gasteiger partial charge in [-0.15, -0.1) is 10.2 Å². The van der Waals surface area contributed by atoms with Gasteiger partial charge in [0.2, 0.25) is 5.82 Å². The summed E-state index contributed by atoms with van der Waals surface area (Å²) in [5, 5.41) is 8.63. The summed E-state index contributed by atoms with van der Waals surface area (Å²) >= 11 is 5.89. The molecule has 92 valence electrons. The lowest BCUT2D eigenvalue weighted by molar-refractivity contribution is 0.524. The first-order chi connectivity index (χ1) is 8.69. The Morgan fingerprint density at radius 3 is 2.89 bits per heavy atom. The van der Waals surface area contributed by atoms with Crippen LogP contribution in [-0.2, 0) is 6.42 Å². The van der Waals surface area contributed by atoms with Gasteiger partial charge in [-0.3, -0.25) is 4.40 Å². The highest BCUT2D eigenvalue weighted by Crippen LogP contribution is 2.23. The topological polar surface area (TPSA) is 56.2 Å². The summed E-state index contributed by atoms with van der Waals surface area (Å²) in [5.41, 5.74) is 0.664. The number of hydrogen-bond donors (Lipinski definition) is 0. The Kier molecular flexibility index (Phi) is 2.56. The quantitative estimate of drug-likeness (QED) is 0.667. The Bertz CT molecular complexity index is 716. The molecule has 0 amide bonds. The van der Waals surface area contributed by atoms with Gasteiger partial charge in [0.25, 0.3) is 0 Å². The highest BCUT2D eigenvalue weighted by atomic mass is 35.5. The zero-order valence-electron chi connectivity index (χ0n) is 10.0. The molecule has 6 heteroatoms. The standard InChI is InChI=1S/C12H11ClN4O/c1-3-8-4-5-9(18-8)12-16-15-11-6-10(13)14-7(2)17(11)12/h4-6H,3H2,1-2H3. The molecule has 0 aliphatic rings. The minimum Gasteiger partial charge on any atom is -0.458 e. The highest BCUT2D eigenvalue weighted by Gasteiger charge is 2.14. The van der Waals surface area contributed by atoms with Crippen molar-refractivity contribution in [2.45, 2.75) is 20.3 Å². The van der Waals surface area contributed by atoms with Crippen molar-refractivity contribution in [2.24, 2.45) is 0 Å². The molecule has 3 aromatic rings. The third kappa shape index (κ3) is 1.67. The Morgan fingerprint density at radius 2 is 2.17 bits per heavy atom. The van der Waals surface area contributed by atoms with Crippen LogP contribution in [0.3, 0.4) is 0 Å². The lowest BCUT2D eigenvalue weighted by Gasteiger charge is -2.01. The maximum absolute atomic E-state index is 5.89. The second-order valence-electron chi connectivity index (χ2n) is 3.96. The van der Waals surface area contributed by atoms with E-state index in [0.717, 1.165) is 18.0 Å². The Morgan fingerprint density at radius 1 is 1.33 bits per heavy atom. The number of aromatic nitrogens is 4. The van der Waals surface area contributed by atoms with Gasteiger partial charge in [0.05, 0.1) is 0 Å². The largest absolute Gasteiger partial charge is 0.458 e. The van der Waals surface area contributed by atoms with Crippen LogP contribution in [0.2, 0.25) is 5.15 Å². The second-order valence-corrected chi connectivity index (χ2v) is 4.35. The van der Waals surface area contributed by atoms with E-state index in [1.807, 2.05) is 30.4 Å². The number of nitrogens with zero attached hydrogens (tertiary/aromatic N) is 4. The van der Waals surface area contributed by atoms with Crippen molar-refractivity contribution in [1.29, 1.82) is 0 Å². The Balaban J connectivity index is 2.23. The fraction of sp³-hybridized carbons (Fsp3) is 0.250. The van der Waals surface area contributed by atoms with Crippen molar-refractivity contribution in [3.63, 3.8) is 0 Å².